The van der Waals surface area contributed by atoms with Gasteiger partial charge in [0.15, 0.2) is 11.5 Å². The molecule has 176 valence electrons. The fourth-order valence-corrected chi connectivity index (χ4v) is 3.44. The number of amides is 1. The van der Waals surface area contributed by atoms with E-state index in [9.17, 15) is 4.79 Å². The van der Waals surface area contributed by atoms with Gasteiger partial charge in [0.2, 0.25) is 11.7 Å². The number of carbonyl (C=O) groups is 1. The van der Waals surface area contributed by atoms with E-state index >= 15 is 0 Å². The van der Waals surface area contributed by atoms with E-state index in [4.69, 9.17) is 29.2 Å². The number of benzene rings is 2. The van der Waals surface area contributed by atoms with Crippen molar-refractivity contribution in [2.24, 2.45) is 11.7 Å². The number of nitrogens with one attached hydrogen (secondary N) is 1. The number of rotatable bonds is 10. The highest BCUT2D eigenvalue weighted by Gasteiger charge is 2.20. The molecular formula is C24H29N3O6. The largest absolute Gasteiger partial charge is 0.495 e. The lowest BCUT2D eigenvalue weighted by Crippen LogP contribution is -2.20. The van der Waals surface area contributed by atoms with Gasteiger partial charge in [0.25, 0.3) is 0 Å². The van der Waals surface area contributed by atoms with Gasteiger partial charge in [-0.3, -0.25) is 4.79 Å². The van der Waals surface area contributed by atoms with Crippen LogP contribution in [0.25, 0.3) is 22.4 Å². The maximum Gasteiger partial charge on any atom is 0.224 e. The van der Waals surface area contributed by atoms with Crippen LogP contribution in [0.1, 0.15) is 13.3 Å². The SMILES string of the molecule is COc1ccc(-c2conc2-c2cc(OC)c(OC)c(OC)c2)cc1NC(=O)CC(C)CN. The molecule has 1 heterocycles. The Morgan fingerprint density at radius 1 is 1.00 bits per heavy atom. The number of nitrogens with zero attached hydrogens (tertiary/aromatic N) is 1. The van der Waals surface area contributed by atoms with Crippen LogP contribution in [0.15, 0.2) is 41.1 Å². The molecule has 0 bridgehead atoms. The van der Waals surface area contributed by atoms with Gasteiger partial charge >= 0.3 is 0 Å². The summed E-state index contributed by atoms with van der Waals surface area (Å²) in [6, 6.07) is 9.05. The van der Waals surface area contributed by atoms with Crippen LogP contribution in [0.4, 0.5) is 5.69 Å². The molecule has 9 nitrogen and oxygen atoms in total. The Kier molecular flexibility index (Phi) is 7.78. The van der Waals surface area contributed by atoms with E-state index in [1.807, 2.05) is 19.1 Å². The van der Waals surface area contributed by atoms with Crippen molar-refractivity contribution in [1.29, 1.82) is 0 Å². The van der Waals surface area contributed by atoms with Crippen molar-refractivity contribution >= 4 is 11.6 Å². The van der Waals surface area contributed by atoms with Crippen LogP contribution in [0, 0.1) is 5.92 Å². The zero-order chi connectivity index (χ0) is 24.0. The summed E-state index contributed by atoms with van der Waals surface area (Å²) in [6.45, 7) is 2.36. The van der Waals surface area contributed by atoms with Gasteiger partial charge in [-0.2, -0.15) is 0 Å². The Morgan fingerprint density at radius 2 is 1.67 bits per heavy atom. The van der Waals surface area contributed by atoms with Gasteiger partial charge in [0, 0.05) is 17.5 Å². The van der Waals surface area contributed by atoms with Crippen molar-refractivity contribution in [2.75, 3.05) is 40.3 Å². The number of nitrogens with two attached hydrogens (primary N) is 1. The van der Waals surface area contributed by atoms with Crippen LogP contribution in [0.3, 0.4) is 0 Å². The maximum atomic E-state index is 12.4. The minimum Gasteiger partial charge on any atom is -0.495 e. The second-order valence-corrected chi connectivity index (χ2v) is 7.50. The predicted molar refractivity (Wildman–Crippen MR) is 125 cm³/mol. The van der Waals surface area contributed by atoms with Gasteiger partial charge in [0.1, 0.15) is 17.7 Å². The third kappa shape index (κ3) is 5.20. The van der Waals surface area contributed by atoms with Crippen LogP contribution in [0.2, 0.25) is 0 Å². The molecular weight excluding hydrogens is 426 g/mol. The van der Waals surface area contributed by atoms with Crippen LogP contribution in [0.5, 0.6) is 23.0 Å². The first kappa shape index (κ1) is 23.9. The number of anilines is 1. The van der Waals surface area contributed by atoms with Gasteiger partial charge < -0.3 is 34.5 Å². The molecule has 1 unspecified atom stereocenters. The van der Waals surface area contributed by atoms with Crippen molar-refractivity contribution < 1.29 is 28.3 Å². The van der Waals surface area contributed by atoms with Gasteiger partial charge in [-0.1, -0.05) is 18.1 Å². The summed E-state index contributed by atoms with van der Waals surface area (Å²) in [5.74, 6) is 1.95. The first-order valence-electron chi connectivity index (χ1n) is 10.4. The quantitative estimate of drug-likeness (QED) is 0.472. The van der Waals surface area contributed by atoms with Crippen LogP contribution in [-0.4, -0.2) is 46.0 Å². The molecule has 9 heteroatoms. The molecule has 2 aromatic carbocycles. The first-order valence-corrected chi connectivity index (χ1v) is 10.4. The second kappa shape index (κ2) is 10.7. The Hall–Kier alpha value is -3.72. The van der Waals surface area contributed by atoms with E-state index in [-0.39, 0.29) is 11.8 Å². The van der Waals surface area contributed by atoms with Crippen molar-refractivity contribution in [2.45, 2.75) is 13.3 Å². The maximum absolute atomic E-state index is 12.4. The average Bonchev–Trinajstić information content (AvgIpc) is 3.32. The normalized spacial score (nSPS) is 11.6. The third-order valence-corrected chi connectivity index (χ3v) is 5.23. The highest BCUT2D eigenvalue weighted by atomic mass is 16.5. The van der Waals surface area contributed by atoms with Crippen molar-refractivity contribution in [1.82, 2.24) is 5.16 Å². The lowest BCUT2D eigenvalue weighted by molar-refractivity contribution is -0.116. The minimum atomic E-state index is -0.140. The molecule has 0 saturated heterocycles. The highest BCUT2D eigenvalue weighted by molar-refractivity contribution is 5.94. The van der Waals surface area contributed by atoms with Gasteiger partial charge in [-0.05, 0) is 42.3 Å². The number of ether oxygens (including phenoxy) is 4. The van der Waals surface area contributed by atoms with Crippen LogP contribution >= 0.6 is 0 Å². The summed E-state index contributed by atoms with van der Waals surface area (Å²) in [5, 5.41) is 7.11. The molecule has 3 rings (SSSR count). The van der Waals surface area contributed by atoms with Gasteiger partial charge in [0.05, 0.1) is 34.1 Å². The summed E-state index contributed by atoms with van der Waals surface area (Å²) in [6.07, 6.45) is 1.86. The van der Waals surface area contributed by atoms with E-state index in [1.165, 1.54) is 0 Å². The fourth-order valence-electron chi connectivity index (χ4n) is 3.44. The van der Waals surface area contributed by atoms with Crippen molar-refractivity contribution in [3.05, 3.63) is 36.6 Å². The molecule has 0 aliphatic rings. The molecule has 0 radical (unpaired) electrons. The number of carbonyl (C=O) groups excluding carboxylic acids is 1. The molecule has 3 aromatic rings. The third-order valence-electron chi connectivity index (χ3n) is 5.23. The molecule has 33 heavy (non-hydrogen) atoms. The van der Waals surface area contributed by atoms with Crippen molar-refractivity contribution in [3.63, 3.8) is 0 Å². The lowest BCUT2D eigenvalue weighted by atomic mass is 10.00. The number of hydrogen-bond donors (Lipinski definition) is 2. The van der Waals surface area contributed by atoms with E-state index in [0.29, 0.717) is 52.9 Å². The number of aromatic nitrogens is 1. The Bertz CT molecular complexity index is 1090. The predicted octanol–water partition coefficient (Wildman–Crippen LogP) is 3.97. The van der Waals surface area contributed by atoms with Crippen LogP contribution < -0.4 is 30.0 Å². The summed E-state index contributed by atoms with van der Waals surface area (Å²) < 4.78 is 27.1. The fraction of sp³-hybridized carbons (Fsp3) is 0.333. The first-order chi connectivity index (χ1) is 15.9. The zero-order valence-electron chi connectivity index (χ0n) is 19.4. The molecule has 1 amide bonds. The smallest absolute Gasteiger partial charge is 0.224 e. The van der Waals surface area contributed by atoms with E-state index in [1.54, 1.807) is 52.9 Å². The monoisotopic (exact) mass is 455 g/mol. The topological polar surface area (TPSA) is 118 Å². The van der Waals surface area contributed by atoms with Crippen LogP contribution in [-0.2, 0) is 4.79 Å². The zero-order valence-corrected chi connectivity index (χ0v) is 19.4. The molecule has 0 aliphatic carbocycles. The average molecular weight is 456 g/mol. The standard InChI is InChI=1S/C24H29N3O6/c1-14(12-25)8-22(28)26-18-9-15(6-7-19(18)29-2)17-13-33-27-23(17)16-10-20(30-3)24(32-5)21(11-16)31-4/h6-7,9-11,13-14H,8,12,25H2,1-5H3,(H,26,28). The molecule has 1 aromatic heterocycles. The lowest BCUT2D eigenvalue weighted by Gasteiger charge is -2.15. The molecule has 0 aliphatic heterocycles. The van der Waals surface area contributed by atoms with Crippen molar-refractivity contribution in [3.8, 4) is 45.4 Å². The summed E-state index contributed by atoms with van der Waals surface area (Å²) in [4.78, 5) is 12.4. The van der Waals surface area contributed by atoms with Gasteiger partial charge in [-0.15, -0.1) is 0 Å². The number of hydrogen-bond acceptors (Lipinski definition) is 8. The Morgan fingerprint density at radius 3 is 2.24 bits per heavy atom. The summed E-state index contributed by atoms with van der Waals surface area (Å²) in [5.41, 5.74) is 8.98. The number of methoxy groups -OCH3 is 4. The molecule has 3 N–H and O–H groups in total. The summed E-state index contributed by atoms with van der Waals surface area (Å²) in [7, 11) is 6.19. The molecule has 0 spiro atoms. The van der Waals surface area contributed by atoms with E-state index < -0.39 is 0 Å². The minimum absolute atomic E-state index is 0.0730. The summed E-state index contributed by atoms with van der Waals surface area (Å²) >= 11 is 0. The van der Waals surface area contributed by atoms with Gasteiger partial charge in [-0.25, -0.2) is 0 Å². The molecule has 0 fully saturated rings. The molecule has 0 saturated carbocycles. The highest BCUT2D eigenvalue weighted by Crippen LogP contribution is 2.43. The Balaban J connectivity index is 2.02. The second-order valence-electron chi connectivity index (χ2n) is 7.50. The molecule has 1 atom stereocenters. The Labute approximate surface area is 192 Å². The van der Waals surface area contributed by atoms with E-state index in [2.05, 4.69) is 10.5 Å². The van der Waals surface area contributed by atoms with E-state index in [0.717, 1.165) is 11.1 Å².